The van der Waals surface area contributed by atoms with Crippen molar-refractivity contribution in [2.75, 3.05) is 7.05 Å². The highest BCUT2D eigenvalue weighted by molar-refractivity contribution is 5.87. The maximum absolute atomic E-state index is 12.5. The van der Waals surface area contributed by atoms with Crippen LogP contribution in [0.4, 0.5) is 0 Å². The van der Waals surface area contributed by atoms with Crippen molar-refractivity contribution in [2.45, 2.75) is 96.1 Å². The van der Waals surface area contributed by atoms with Crippen molar-refractivity contribution in [3.8, 4) is 0 Å². The number of amides is 1. The second kappa shape index (κ2) is 10.7. The van der Waals surface area contributed by atoms with Crippen LogP contribution in [0.25, 0.3) is 0 Å². The minimum Gasteiger partial charge on any atom is -0.462 e. The van der Waals surface area contributed by atoms with Gasteiger partial charge in [-0.2, -0.15) is 0 Å². The molecule has 0 atom stereocenters. The fraction of sp³-hybridized carbons (Fsp3) is 0.818. The van der Waals surface area contributed by atoms with Gasteiger partial charge in [0, 0.05) is 13.1 Å². The van der Waals surface area contributed by atoms with Gasteiger partial charge in [-0.1, -0.05) is 39.2 Å². The molecule has 2 saturated carbocycles. The Morgan fingerprint density at radius 3 is 2.27 bits per heavy atom. The predicted octanol–water partition coefficient (Wildman–Crippen LogP) is 4.87. The first kappa shape index (κ1) is 21.0. The Morgan fingerprint density at radius 1 is 1.04 bits per heavy atom. The number of unbranched alkanes of at least 4 members (excludes halogenated alkanes) is 2. The van der Waals surface area contributed by atoms with E-state index in [-0.39, 0.29) is 29.9 Å². The number of ether oxygens (including phenoxy) is 1. The molecule has 2 aliphatic carbocycles. The average molecular weight is 364 g/mol. The Morgan fingerprint density at radius 2 is 1.69 bits per heavy atom. The first-order chi connectivity index (χ1) is 12.5. The van der Waals surface area contributed by atoms with Gasteiger partial charge in [-0.25, -0.2) is 0 Å². The van der Waals surface area contributed by atoms with Crippen LogP contribution in [0, 0.1) is 11.8 Å². The number of nitrogens with zero attached hydrogens (tertiary/aromatic N) is 1. The van der Waals surface area contributed by atoms with Gasteiger partial charge in [-0.15, -0.1) is 0 Å². The molecular weight excluding hydrogens is 326 g/mol. The molecule has 4 nitrogen and oxygen atoms in total. The van der Waals surface area contributed by atoms with E-state index in [2.05, 4.69) is 13.5 Å². The number of likely N-dealkylation sites (N-methyl/N-ethyl adjacent to an activating group) is 1. The van der Waals surface area contributed by atoms with Gasteiger partial charge in [0.05, 0.1) is 5.92 Å². The monoisotopic (exact) mass is 363 g/mol. The Hall–Kier alpha value is -1.32. The van der Waals surface area contributed by atoms with Crippen LogP contribution in [-0.4, -0.2) is 36.0 Å². The Kier molecular flexibility index (Phi) is 8.67. The third-order valence-electron chi connectivity index (χ3n) is 6.39. The van der Waals surface area contributed by atoms with E-state index in [0.29, 0.717) is 0 Å². The van der Waals surface area contributed by atoms with Crippen LogP contribution >= 0.6 is 0 Å². The summed E-state index contributed by atoms with van der Waals surface area (Å²) in [4.78, 5) is 26.0. The molecule has 0 unspecified atom stereocenters. The van der Waals surface area contributed by atoms with Crippen LogP contribution in [0.5, 0.6) is 0 Å². The second-order valence-electron chi connectivity index (χ2n) is 8.23. The van der Waals surface area contributed by atoms with Crippen LogP contribution in [-0.2, 0) is 14.3 Å². The van der Waals surface area contributed by atoms with Crippen molar-refractivity contribution in [2.24, 2.45) is 11.8 Å². The van der Waals surface area contributed by atoms with Crippen molar-refractivity contribution in [1.29, 1.82) is 0 Å². The topological polar surface area (TPSA) is 46.6 Å². The van der Waals surface area contributed by atoms with Crippen LogP contribution < -0.4 is 0 Å². The summed E-state index contributed by atoms with van der Waals surface area (Å²) in [5.74, 6) is 0.813. The van der Waals surface area contributed by atoms with Crippen LogP contribution in [0.3, 0.4) is 0 Å². The molecule has 4 heteroatoms. The maximum atomic E-state index is 12.5. The molecule has 0 bridgehead atoms. The van der Waals surface area contributed by atoms with Gasteiger partial charge in [-0.05, 0) is 63.4 Å². The smallest absolute Gasteiger partial charge is 0.309 e. The van der Waals surface area contributed by atoms with Gasteiger partial charge in [0.25, 0.3) is 0 Å². The van der Waals surface area contributed by atoms with E-state index in [1.54, 1.807) is 4.90 Å². The highest BCUT2D eigenvalue weighted by atomic mass is 16.5. The molecular formula is C22H37NO3. The molecule has 0 aliphatic heterocycles. The highest BCUT2D eigenvalue weighted by Crippen LogP contribution is 2.32. The van der Waals surface area contributed by atoms with E-state index in [1.165, 1.54) is 44.6 Å². The van der Waals surface area contributed by atoms with Crippen LogP contribution in [0.1, 0.15) is 84.0 Å². The zero-order valence-corrected chi connectivity index (χ0v) is 16.8. The molecule has 2 fully saturated rings. The van der Waals surface area contributed by atoms with Crippen molar-refractivity contribution in [3.05, 3.63) is 12.7 Å². The molecule has 0 aromatic heterocycles. The summed E-state index contributed by atoms with van der Waals surface area (Å²) >= 11 is 0. The second-order valence-corrected chi connectivity index (χ2v) is 8.23. The number of carbonyl (C=O) groups is 2. The van der Waals surface area contributed by atoms with Gasteiger partial charge in [0.2, 0.25) is 5.91 Å². The lowest BCUT2D eigenvalue weighted by molar-refractivity contribution is -0.157. The molecule has 2 rings (SSSR count). The molecule has 0 saturated heterocycles. The Bertz CT molecular complexity index is 460. The standard InChI is InChI=1S/C22H37NO3/c1-4-6-7-8-17-9-15-20(16-10-17)26-22(25)18-11-13-19(14-12-18)23(3)21(24)5-2/h5,17-20H,2,4,6-16H2,1,3H3. The van der Waals surface area contributed by atoms with Gasteiger partial charge < -0.3 is 9.64 Å². The summed E-state index contributed by atoms with van der Waals surface area (Å²) in [7, 11) is 1.83. The van der Waals surface area contributed by atoms with Crippen molar-refractivity contribution >= 4 is 11.9 Å². The lowest BCUT2D eigenvalue weighted by Crippen LogP contribution is -2.40. The van der Waals surface area contributed by atoms with E-state index in [9.17, 15) is 9.59 Å². The largest absolute Gasteiger partial charge is 0.462 e. The number of esters is 1. The summed E-state index contributed by atoms with van der Waals surface area (Å²) in [5, 5.41) is 0. The van der Waals surface area contributed by atoms with Crippen molar-refractivity contribution in [3.63, 3.8) is 0 Å². The average Bonchev–Trinajstić information content (AvgIpc) is 2.68. The summed E-state index contributed by atoms with van der Waals surface area (Å²) < 4.78 is 5.83. The molecule has 0 N–H and O–H groups in total. The number of rotatable bonds is 8. The summed E-state index contributed by atoms with van der Waals surface area (Å²) in [6.45, 7) is 5.79. The van der Waals surface area contributed by atoms with Gasteiger partial charge in [-0.3, -0.25) is 9.59 Å². The zero-order valence-electron chi connectivity index (χ0n) is 16.8. The normalized spacial score (nSPS) is 29.0. The number of carbonyl (C=O) groups excluding carboxylic acids is 2. The number of hydrogen-bond acceptors (Lipinski definition) is 3. The van der Waals surface area contributed by atoms with Crippen molar-refractivity contribution < 1.29 is 14.3 Å². The zero-order chi connectivity index (χ0) is 18.9. The minimum atomic E-state index is -0.0354. The fourth-order valence-corrected chi connectivity index (χ4v) is 4.50. The quantitative estimate of drug-likeness (QED) is 0.351. The van der Waals surface area contributed by atoms with E-state index < -0.39 is 0 Å². The highest BCUT2D eigenvalue weighted by Gasteiger charge is 2.32. The Balaban J connectivity index is 1.67. The van der Waals surface area contributed by atoms with Crippen LogP contribution in [0.2, 0.25) is 0 Å². The van der Waals surface area contributed by atoms with E-state index in [0.717, 1.165) is 44.4 Å². The third kappa shape index (κ3) is 6.14. The molecule has 0 aromatic carbocycles. The molecule has 0 heterocycles. The van der Waals surface area contributed by atoms with Gasteiger partial charge in [0.1, 0.15) is 6.10 Å². The van der Waals surface area contributed by atoms with Gasteiger partial charge in [0.15, 0.2) is 0 Å². The summed E-state index contributed by atoms with van der Waals surface area (Å²) in [6.07, 6.45) is 14.7. The molecule has 26 heavy (non-hydrogen) atoms. The van der Waals surface area contributed by atoms with Crippen molar-refractivity contribution in [1.82, 2.24) is 4.90 Å². The van der Waals surface area contributed by atoms with Gasteiger partial charge >= 0.3 is 5.97 Å². The molecule has 0 aromatic rings. The molecule has 0 spiro atoms. The predicted molar refractivity (Wildman–Crippen MR) is 105 cm³/mol. The summed E-state index contributed by atoms with van der Waals surface area (Å²) in [6, 6.07) is 0.225. The fourth-order valence-electron chi connectivity index (χ4n) is 4.50. The summed E-state index contributed by atoms with van der Waals surface area (Å²) in [5.41, 5.74) is 0. The van der Waals surface area contributed by atoms with E-state index >= 15 is 0 Å². The number of hydrogen-bond donors (Lipinski definition) is 0. The molecule has 1 amide bonds. The third-order valence-corrected chi connectivity index (χ3v) is 6.39. The molecule has 0 radical (unpaired) electrons. The van der Waals surface area contributed by atoms with E-state index in [1.807, 2.05) is 7.05 Å². The first-order valence-electron chi connectivity index (χ1n) is 10.6. The molecule has 2 aliphatic rings. The first-order valence-corrected chi connectivity index (χ1v) is 10.6. The SMILES string of the molecule is C=CC(=O)N(C)C1CCC(C(=O)OC2CCC(CCCCC)CC2)CC1. The Labute approximate surface area is 159 Å². The van der Waals surface area contributed by atoms with E-state index in [4.69, 9.17) is 4.74 Å². The van der Waals surface area contributed by atoms with Crippen LogP contribution in [0.15, 0.2) is 12.7 Å². The minimum absolute atomic E-state index is 0.00409. The maximum Gasteiger partial charge on any atom is 0.309 e. The molecule has 148 valence electrons. The lowest BCUT2D eigenvalue weighted by Gasteiger charge is -2.34. The lowest BCUT2D eigenvalue weighted by atomic mass is 9.83.